The number of hydrogen-bond acceptors (Lipinski definition) is 6. The summed E-state index contributed by atoms with van der Waals surface area (Å²) in [4.78, 5) is 26.7. The summed E-state index contributed by atoms with van der Waals surface area (Å²) in [7, 11) is 0. The van der Waals surface area contributed by atoms with Gasteiger partial charge in [-0.05, 0) is 18.6 Å². The van der Waals surface area contributed by atoms with E-state index in [1.54, 1.807) is 16.2 Å². The fourth-order valence-electron chi connectivity index (χ4n) is 3.06. The number of aryl methyl sites for hydroxylation is 1. The number of rotatable bonds is 3. The SMILES string of the molecule is Cc1ccc(Cl)c2sc(N3CCN(c4nc(C(F)F)cc(=O)[nH]4)CC3)nc12. The molecule has 1 aliphatic heterocycles. The quantitative estimate of drug-likeness (QED) is 0.713. The van der Waals surface area contributed by atoms with Crippen LogP contribution in [0.3, 0.4) is 0 Å². The van der Waals surface area contributed by atoms with Crippen molar-refractivity contribution in [1.82, 2.24) is 15.0 Å². The van der Waals surface area contributed by atoms with Gasteiger partial charge in [0.15, 0.2) is 5.13 Å². The number of hydrogen-bond donors (Lipinski definition) is 1. The van der Waals surface area contributed by atoms with Gasteiger partial charge in [-0.15, -0.1) is 0 Å². The van der Waals surface area contributed by atoms with Gasteiger partial charge < -0.3 is 9.80 Å². The number of H-pyrrole nitrogens is 1. The van der Waals surface area contributed by atoms with Gasteiger partial charge in [-0.2, -0.15) is 0 Å². The number of aromatic amines is 1. The van der Waals surface area contributed by atoms with Gasteiger partial charge in [0.1, 0.15) is 5.69 Å². The topological polar surface area (TPSA) is 65.1 Å². The Balaban J connectivity index is 1.54. The third-order valence-electron chi connectivity index (χ3n) is 4.51. The lowest BCUT2D eigenvalue weighted by atomic mass is 10.2. The van der Waals surface area contributed by atoms with Crippen molar-refractivity contribution < 1.29 is 8.78 Å². The van der Waals surface area contributed by atoms with E-state index in [1.165, 1.54) is 0 Å². The minimum Gasteiger partial charge on any atom is -0.345 e. The number of benzene rings is 1. The van der Waals surface area contributed by atoms with Gasteiger partial charge >= 0.3 is 0 Å². The van der Waals surface area contributed by atoms with Crippen LogP contribution in [0, 0.1) is 6.92 Å². The Labute approximate surface area is 162 Å². The van der Waals surface area contributed by atoms with Crippen LogP contribution in [-0.2, 0) is 0 Å². The van der Waals surface area contributed by atoms with Crippen LogP contribution in [-0.4, -0.2) is 41.1 Å². The fourth-order valence-corrected chi connectivity index (χ4v) is 4.43. The number of piperazine rings is 1. The van der Waals surface area contributed by atoms with Gasteiger partial charge in [0.05, 0.1) is 15.2 Å². The lowest BCUT2D eigenvalue weighted by Crippen LogP contribution is -2.47. The number of thiazole rings is 1. The normalized spacial score (nSPS) is 15.1. The van der Waals surface area contributed by atoms with Crippen LogP contribution in [0.15, 0.2) is 23.0 Å². The van der Waals surface area contributed by atoms with Gasteiger partial charge in [0, 0.05) is 32.2 Å². The molecule has 1 fully saturated rings. The molecule has 0 bridgehead atoms. The first-order chi connectivity index (χ1) is 12.9. The van der Waals surface area contributed by atoms with Crippen LogP contribution < -0.4 is 15.4 Å². The Bertz CT molecular complexity index is 1010. The number of halogens is 3. The zero-order valence-electron chi connectivity index (χ0n) is 14.4. The third kappa shape index (κ3) is 3.49. The summed E-state index contributed by atoms with van der Waals surface area (Å²) in [5.74, 6) is 0.181. The summed E-state index contributed by atoms with van der Waals surface area (Å²) >= 11 is 7.82. The molecule has 142 valence electrons. The van der Waals surface area contributed by atoms with Crippen molar-refractivity contribution in [3.05, 3.63) is 44.8 Å². The van der Waals surface area contributed by atoms with Crippen molar-refractivity contribution in [3.63, 3.8) is 0 Å². The van der Waals surface area contributed by atoms with Crippen LogP contribution in [0.4, 0.5) is 19.9 Å². The molecule has 0 aliphatic carbocycles. The van der Waals surface area contributed by atoms with Crippen molar-refractivity contribution in [2.75, 3.05) is 36.0 Å². The largest absolute Gasteiger partial charge is 0.345 e. The number of anilines is 2. The van der Waals surface area contributed by atoms with E-state index in [0.717, 1.165) is 27.0 Å². The molecule has 2 aromatic heterocycles. The van der Waals surface area contributed by atoms with E-state index < -0.39 is 17.7 Å². The first kappa shape index (κ1) is 18.1. The molecule has 0 saturated carbocycles. The van der Waals surface area contributed by atoms with E-state index in [2.05, 4.69) is 14.9 Å². The van der Waals surface area contributed by atoms with E-state index in [9.17, 15) is 13.6 Å². The summed E-state index contributed by atoms with van der Waals surface area (Å²) in [5, 5.41) is 1.56. The van der Waals surface area contributed by atoms with Crippen molar-refractivity contribution >= 4 is 44.2 Å². The Hall–Kier alpha value is -2.26. The highest BCUT2D eigenvalue weighted by Crippen LogP contribution is 2.36. The molecular formula is C17H16ClF2N5OS. The minimum atomic E-state index is -2.77. The zero-order chi connectivity index (χ0) is 19.1. The second-order valence-corrected chi connectivity index (χ2v) is 7.69. The molecule has 0 amide bonds. The monoisotopic (exact) mass is 411 g/mol. The smallest absolute Gasteiger partial charge is 0.280 e. The average molecular weight is 412 g/mol. The fraction of sp³-hybridized carbons (Fsp3) is 0.353. The molecule has 1 aliphatic rings. The molecule has 3 aromatic rings. The van der Waals surface area contributed by atoms with Gasteiger partial charge in [0.2, 0.25) is 5.95 Å². The summed E-state index contributed by atoms with van der Waals surface area (Å²) in [6.45, 7) is 4.35. The van der Waals surface area contributed by atoms with Crippen LogP contribution in [0.5, 0.6) is 0 Å². The Morgan fingerprint density at radius 1 is 1.19 bits per heavy atom. The maximum Gasteiger partial charge on any atom is 0.280 e. The molecule has 6 nitrogen and oxygen atoms in total. The van der Waals surface area contributed by atoms with Crippen molar-refractivity contribution in [2.45, 2.75) is 13.3 Å². The molecule has 3 heterocycles. The molecule has 1 N–H and O–H groups in total. The first-order valence-corrected chi connectivity index (χ1v) is 9.57. The van der Waals surface area contributed by atoms with E-state index in [1.807, 2.05) is 19.1 Å². The molecular weight excluding hydrogens is 396 g/mol. The number of nitrogens with zero attached hydrogens (tertiary/aromatic N) is 4. The van der Waals surface area contributed by atoms with E-state index in [4.69, 9.17) is 16.6 Å². The number of fused-ring (bicyclic) bond motifs is 1. The Kier molecular flexibility index (Phi) is 4.73. The molecule has 10 heteroatoms. The van der Waals surface area contributed by atoms with Crippen LogP contribution in [0.2, 0.25) is 5.02 Å². The Morgan fingerprint density at radius 2 is 1.89 bits per heavy atom. The number of aromatic nitrogens is 3. The zero-order valence-corrected chi connectivity index (χ0v) is 15.9. The molecule has 0 unspecified atom stereocenters. The highest BCUT2D eigenvalue weighted by atomic mass is 35.5. The summed E-state index contributed by atoms with van der Waals surface area (Å²) < 4.78 is 26.7. The maximum absolute atomic E-state index is 12.9. The molecule has 1 saturated heterocycles. The molecule has 27 heavy (non-hydrogen) atoms. The maximum atomic E-state index is 12.9. The standard InChI is InChI=1S/C17H16ClF2N5OS/c1-9-2-3-10(18)14-13(9)23-17(27-14)25-6-4-24(5-7-25)16-21-11(15(19)20)8-12(26)22-16/h2-3,8,15H,4-7H2,1H3,(H,21,22,26). The first-order valence-electron chi connectivity index (χ1n) is 8.37. The van der Waals surface area contributed by atoms with E-state index in [-0.39, 0.29) is 5.95 Å². The molecule has 1 aromatic carbocycles. The molecule has 4 rings (SSSR count). The summed E-state index contributed by atoms with van der Waals surface area (Å²) in [6, 6.07) is 4.65. The Morgan fingerprint density at radius 3 is 2.56 bits per heavy atom. The van der Waals surface area contributed by atoms with Gasteiger partial charge in [0.25, 0.3) is 12.0 Å². The molecule has 0 atom stereocenters. The summed E-state index contributed by atoms with van der Waals surface area (Å²) in [6.07, 6.45) is -2.77. The molecule has 0 spiro atoms. The van der Waals surface area contributed by atoms with Crippen molar-refractivity contribution in [1.29, 1.82) is 0 Å². The third-order valence-corrected chi connectivity index (χ3v) is 6.08. The molecule has 0 radical (unpaired) electrons. The number of alkyl halides is 2. The summed E-state index contributed by atoms with van der Waals surface area (Å²) in [5.41, 5.74) is 0.892. The van der Waals surface area contributed by atoms with Crippen LogP contribution in [0.1, 0.15) is 17.7 Å². The van der Waals surface area contributed by atoms with Crippen LogP contribution >= 0.6 is 22.9 Å². The number of nitrogens with one attached hydrogen (secondary N) is 1. The van der Waals surface area contributed by atoms with Crippen LogP contribution in [0.25, 0.3) is 10.2 Å². The highest BCUT2D eigenvalue weighted by molar-refractivity contribution is 7.22. The predicted molar refractivity (Wildman–Crippen MR) is 104 cm³/mol. The predicted octanol–water partition coefficient (Wildman–Crippen LogP) is 3.61. The van der Waals surface area contributed by atoms with Crippen molar-refractivity contribution in [3.8, 4) is 0 Å². The average Bonchev–Trinajstić information content (AvgIpc) is 3.11. The van der Waals surface area contributed by atoms with Crippen molar-refractivity contribution in [2.24, 2.45) is 0 Å². The second-order valence-electron chi connectivity index (χ2n) is 6.31. The second kappa shape index (κ2) is 7.05. The lowest BCUT2D eigenvalue weighted by Gasteiger charge is -2.34. The lowest BCUT2D eigenvalue weighted by molar-refractivity contribution is 0.146. The highest BCUT2D eigenvalue weighted by Gasteiger charge is 2.23. The van der Waals surface area contributed by atoms with E-state index in [0.29, 0.717) is 31.2 Å². The van der Waals surface area contributed by atoms with Gasteiger partial charge in [-0.25, -0.2) is 18.7 Å². The van der Waals surface area contributed by atoms with Gasteiger partial charge in [-0.3, -0.25) is 9.78 Å². The van der Waals surface area contributed by atoms with E-state index >= 15 is 0 Å². The minimum absolute atomic E-state index is 0.181. The van der Waals surface area contributed by atoms with Gasteiger partial charge in [-0.1, -0.05) is 29.0 Å².